The van der Waals surface area contributed by atoms with Gasteiger partial charge in [-0.1, -0.05) is 0 Å². The van der Waals surface area contributed by atoms with E-state index in [0.29, 0.717) is 6.04 Å². The lowest BCUT2D eigenvalue weighted by Crippen LogP contribution is -2.38. The largest absolute Gasteiger partial charge is 0.366 e. The SMILES string of the molecule is c1cc2[nH]cc(-c3cnn4ccc(NC5CCCNC5)nc34)c2cn1. The van der Waals surface area contributed by atoms with Crippen molar-refractivity contribution >= 4 is 22.4 Å². The van der Waals surface area contributed by atoms with Gasteiger partial charge in [0.1, 0.15) is 5.82 Å². The minimum absolute atomic E-state index is 0.423. The smallest absolute Gasteiger partial charge is 0.165 e. The van der Waals surface area contributed by atoms with Crippen molar-refractivity contribution in [1.82, 2.24) is 29.9 Å². The number of aromatic nitrogens is 5. The van der Waals surface area contributed by atoms with Crippen molar-refractivity contribution in [2.75, 3.05) is 18.4 Å². The first-order valence-electron chi connectivity index (χ1n) is 8.61. The van der Waals surface area contributed by atoms with Gasteiger partial charge in [0, 0.05) is 59.4 Å². The second-order valence-electron chi connectivity index (χ2n) is 6.45. The summed E-state index contributed by atoms with van der Waals surface area (Å²) >= 11 is 0. The van der Waals surface area contributed by atoms with Gasteiger partial charge in [0.25, 0.3) is 0 Å². The molecule has 1 saturated heterocycles. The molecular weight excluding hydrogens is 314 g/mol. The highest BCUT2D eigenvalue weighted by Gasteiger charge is 2.16. The zero-order valence-electron chi connectivity index (χ0n) is 13.7. The maximum Gasteiger partial charge on any atom is 0.165 e. The molecule has 5 rings (SSSR count). The van der Waals surface area contributed by atoms with Crippen LogP contribution in [-0.2, 0) is 0 Å². The Morgan fingerprint density at radius 1 is 1.20 bits per heavy atom. The van der Waals surface area contributed by atoms with Crippen LogP contribution in [0.2, 0.25) is 0 Å². The summed E-state index contributed by atoms with van der Waals surface area (Å²) < 4.78 is 1.81. The van der Waals surface area contributed by atoms with E-state index in [1.807, 2.05) is 41.4 Å². The van der Waals surface area contributed by atoms with E-state index in [0.717, 1.165) is 46.6 Å². The molecule has 0 saturated carbocycles. The van der Waals surface area contributed by atoms with Crippen LogP contribution in [0.25, 0.3) is 27.7 Å². The topological polar surface area (TPSA) is 82.9 Å². The molecule has 1 unspecified atom stereocenters. The Balaban J connectivity index is 1.56. The Kier molecular flexibility index (Phi) is 3.38. The summed E-state index contributed by atoms with van der Waals surface area (Å²) in [6.45, 7) is 2.08. The second kappa shape index (κ2) is 5.86. The van der Waals surface area contributed by atoms with E-state index in [9.17, 15) is 0 Å². The lowest BCUT2D eigenvalue weighted by atomic mass is 10.1. The fourth-order valence-electron chi connectivity index (χ4n) is 3.51. The highest BCUT2D eigenvalue weighted by Crippen LogP contribution is 2.30. The number of fused-ring (bicyclic) bond motifs is 2. The normalized spacial score (nSPS) is 18.0. The fraction of sp³-hybridized carbons (Fsp3) is 0.278. The Morgan fingerprint density at radius 2 is 2.20 bits per heavy atom. The van der Waals surface area contributed by atoms with E-state index in [-0.39, 0.29) is 0 Å². The molecule has 0 amide bonds. The van der Waals surface area contributed by atoms with Crippen LogP contribution < -0.4 is 10.6 Å². The molecule has 25 heavy (non-hydrogen) atoms. The van der Waals surface area contributed by atoms with Crippen LogP contribution in [-0.4, -0.2) is 43.7 Å². The highest BCUT2D eigenvalue weighted by atomic mass is 15.3. The molecule has 0 radical (unpaired) electrons. The summed E-state index contributed by atoms with van der Waals surface area (Å²) in [7, 11) is 0. The van der Waals surface area contributed by atoms with Crippen molar-refractivity contribution in [3.63, 3.8) is 0 Å². The van der Waals surface area contributed by atoms with Crippen LogP contribution in [0.4, 0.5) is 5.82 Å². The second-order valence-corrected chi connectivity index (χ2v) is 6.45. The lowest BCUT2D eigenvalue weighted by Gasteiger charge is -2.24. The van der Waals surface area contributed by atoms with E-state index in [1.54, 1.807) is 6.20 Å². The molecule has 0 spiro atoms. The minimum Gasteiger partial charge on any atom is -0.366 e. The molecule has 1 atom stereocenters. The first-order valence-corrected chi connectivity index (χ1v) is 8.61. The predicted molar refractivity (Wildman–Crippen MR) is 97.6 cm³/mol. The number of aromatic amines is 1. The van der Waals surface area contributed by atoms with Gasteiger partial charge in [-0.2, -0.15) is 5.10 Å². The van der Waals surface area contributed by atoms with E-state index in [1.165, 1.54) is 12.8 Å². The molecule has 5 heterocycles. The third-order valence-electron chi connectivity index (χ3n) is 4.79. The highest BCUT2D eigenvalue weighted by molar-refractivity contribution is 5.98. The van der Waals surface area contributed by atoms with Crippen molar-refractivity contribution < 1.29 is 0 Å². The number of anilines is 1. The van der Waals surface area contributed by atoms with Crippen LogP contribution in [0.5, 0.6) is 0 Å². The number of piperidine rings is 1. The summed E-state index contributed by atoms with van der Waals surface area (Å²) in [4.78, 5) is 12.4. The number of hydrogen-bond acceptors (Lipinski definition) is 5. The Bertz CT molecular complexity index is 1030. The molecule has 7 nitrogen and oxygen atoms in total. The van der Waals surface area contributed by atoms with Gasteiger partial charge in [0.2, 0.25) is 0 Å². The quantitative estimate of drug-likeness (QED) is 0.536. The monoisotopic (exact) mass is 333 g/mol. The third-order valence-corrected chi connectivity index (χ3v) is 4.79. The first kappa shape index (κ1) is 14.4. The summed E-state index contributed by atoms with van der Waals surface area (Å²) in [6.07, 6.45) is 11.8. The number of H-pyrrole nitrogens is 1. The molecule has 0 aromatic carbocycles. The number of hydrogen-bond donors (Lipinski definition) is 3. The van der Waals surface area contributed by atoms with Crippen molar-refractivity contribution in [2.45, 2.75) is 18.9 Å². The molecular formula is C18H19N7. The molecule has 4 aromatic rings. The van der Waals surface area contributed by atoms with Gasteiger partial charge in [0.15, 0.2) is 5.65 Å². The zero-order chi connectivity index (χ0) is 16.6. The zero-order valence-corrected chi connectivity index (χ0v) is 13.7. The fourth-order valence-corrected chi connectivity index (χ4v) is 3.51. The summed E-state index contributed by atoms with van der Waals surface area (Å²) in [5, 5.41) is 12.5. The van der Waals surface area contributed by atoms with Gasteiger partial charge in [-0.25, -0.2) is 9.50 Å². The van der Waals surface area contributed by atoms with Gasteiger partial charge >= 0.3 is 0 Å². The Morgan fingerprint density at radius 3 is 3.12 bits per heavy atom. The Hall–Kier alpha value is -2.93. The third kappa shape index (κ3) is 2.53. The van der Waals surface area contributed by atoms with Crippen molar-refractivity contribution in [2.24, 2.45) is 0 Å². The van der Waals surface area contributed by atoms with Crippen LogP contribution in [0.15, 0.2) is 43.1 Å². The van der Waals surface area contributed by atoms with E-state index < -0.39 is 0 Å². The van der Waals surface area contributed by atoms with E-state index in [2.05, 4.69) is 25.7 Å². The van der Waals surface area contributed by atoms with Crippen LogP contribution in [0, 0.1) is 0 Å². The summed E-state index contributed by atoms with van der Waals surface area (Å²) in [5.74, 6) is 0.890. The number of nitrogens with zero attached hydrogens (tertiary/aromatic N) is 4. The number of nitrogens with one attached hydrogen (secondary N) is 3. The molecule has 1 aliphatic rings. The molecule has 1 aliphatic heterocycles. The summed E-state index contributed by atoms with van der Waals surface area (Å²) in [5.41, 5.74) is 3.98. The summed E-state index contributed by atoms with van der Waals surface area (Å²) in [6, 6.07) is 4.38. The van der Waals surface area contributed by atoms with Crippen molar-refractivity contribution in [3.8, 4) is 11.1 Å². The Labute approximate surface area is 144 Å². The van der Waals surface area contributed by atoms with Gasteiger partial charge in [0.05, 0.1) is 6.20 Å². The van der Waals surface area contributed by atoms with Crippen molar-refractivity contribution in [1.29, 1.82) is 0 Å². The van der Waals surface area contributed by atoms with Crippen LogP contribution >= 0.6 is 0 Å². The number of pyridine rings is 1. The van der Waals surface area contributed by atoms with Crippen LogP contribution in [0.3, 0.4) is 0 Å². The maximum absolute atomic E-state index is 4.82. The predicted octanol–water partition coefficient (Wildman–Crippen LogP) is 2.44. The molecule has 4 aromatic heterocycles. The van der Waals surface area contributed by atoms with Gasteiger partial charge in [-0.05, 0) is 31.5 Å². The lowest BCUT2D eigenvalue weighted by molar-refractivity contribution is 0.479. The van der Waals surface area contributed by atoms with Gasteiger partial charge < -0.3 is 15.6 Å². The maximum atomic E-state index is 4.82. The van der Waals surface area contributed by atoms with Gasteiger partial charge in [-0.3, -0.25) is 4.98 Å². The standard InChI is InChI=1S/C18H19N7/c1-2-12(8-19-5-1)23-17-4-7-25-18(24-17)15(11-22-25)13-10-21-16-3-6-20-9-14(13)16/h3-4,6-7,9-12,19,21H,1-2,5,8H2,(H,23,24). The average molecular weight is 333 g/mol. The molecule has 7 heteroatoms. The molecule has 1 fully saturated rings. The average Bonchev–Trinajstić information content (AvgIpc) is 3.26. The van der Waals surface area contributed by atoms with Crippen molar-refractivity contribution in [3.05, 3.63) is 43.1 Å². The van der Waals surface area contributed by atoms with Crippen LogP contribution in [0.1, 0.15) is 12.8 Å². The molecule has 3 N–H and O–H groups in total. The molecule has 0 aliphatic carbocycles. The molecule has 126 valence electrons. The van der Waals surface area contributed by atoms with Gasteiger partial charge in [-0.15, -0.1) is 0 Å². The minimum atomic E-state index is 0.423. The van der Waals surface area contributed by atoms with E-state index >= 15 is 0 Å². The molecule has 0 bridgehead atoms. The first-order chi connectivity index (χ1) is 12.4. The van der Waals surface area contributed by atoms with E-state index in [4.69, 9.17) is 4.98 Å². The number of rotatable bonds is 3.